The van der Waals surface area contributed by atoms with E-state index in [1.807, 2.05) is 0 Å². The Morgan fingerprint density at radius 3 is 2.28 bits per heavy atom. The summed E-state index contributed by atoms with van der Waals surface area (Å²) < 4.78 is 0. The Labute approximate surface area is 111 Å². The molecule has 1 aromatic carbocycles. The molecule has 0 heterocycles. The largest absolute Gasteiger partial charge is 0.330 e. The lowest BCUT2D eigenvalue weighted by Gasteiger charge is -2.22. The van der Waals surface area contributed by atoms with Crippen LogP contribution in [0.25, 0.3) is 0 Å². The van der Waals surface area contributed by atoms with E-state index in [2.05, 4.69) is 43.1 Å². The average molecular weight is 246 g/mol. The lowest BCUT2D eigenvalue weighted by molar-refractivity contribution is 0.259. The molecule has 0 aliphatic heterocycles. The van der Waals surface area contributed by atoms with E-state index in [0.717, 1.165) is 19.6 Å². The van der Waals surface area contributed by atoms with Gasteiger partial charge >= 0.3 is 0 Å². The molecule has 1 fully saturated rings. The number of aryl methyl sites for hydroxylation is 1. The molecular weight excluding hydrogens is 220 g/mol. The molecule has 1 saturated carbocycles. The molecule has 1 aromatic rings. The summed E-state index contributed by atoms with van der Waals surface area (Å²) in [6.45, 7) is 5.24. The third-order valence-electron chi connectivity index (χ3n) is 4.01. The Morgan fingerprint density at radius 2 is 1.78 bits per heavy atom. The molecule has 2 N–H and O–H groups in total. The minimum Gasteiger partial charge on any atom is -0.330 e. The zero-order valence-electron chi connectivity index (χ0n) is 11.8. The van der Waals surface area contributed by atoms with Crippen LogP contribution >= 0.6 is 0 Å². The topological polar surface area (TPSA) is 29.3 Å². The lowest BCUT2D eigenvalue weighted by Crippen LogP contribution is -2.31. The van der Waals surface area contributed by atoms with E-state index in [4.69, 9.17) is 5.73 Å². The van der Waals surface area contributed by atoms with Crippen molar-refractivity contribution in [2.24, 2.45) is 11.1 Å². The van der Waals surface area contributed by atoms with Crippen LogP contribution in [0.1, 0.15) is 37.3 Å². The zero-order chi connectivity index (χ0) is 13.0. The molecule has 0 bridgehead atoms. The standard InChI is InChI=1S/C16H26N2/c1-3-4-14-5-7-15(8-6-14)11-18(2)13-16(12-17)9-10-16/h5-8H,3-4,9-13,17H2,1-2H3. The van der Waals surface area contributed by atoms with Crippen LogP contribution in [-0.4, -0.2) is 25.0 Å². The van der Waals surface area contributed by atoms with Crippen LogP contribution in [0.3, 0.4) is 0 Å². The van der Waals surface area contributed by atoms with Gasteiger partial charge in [0.25, 0.3) is 0 Å². The molecule has 1 aliphatic rings. The Bertz CT molecular complexity index is 365. The van der Waals surface area contributed by atoms with Crippen LogP contribution in [0.5, 0.6) is 0 Å². The van der Waals surface area contributed by atoms with Gasteiger partial charge in [0.2, 0.25) is 0 Å². The second kappa shape index (κ2) is 5.85. The highest BCUT2D eigenvalue weighted by atomic mass is 15.1. The minimum atomic E-state index is 0.441. The number of nitrogens with zero attached hydrogens (tertiary/aromatic N) is 1. The lowest BCUT2D eigenvalue weighted by atomic mass is 10.1. The highest BCUT2D eigenvalue weighted by molar-refractivity contribution is 5.22. The summed E-state index contributed by atoms with van der Waals surface area (Å²) in [5.74, 6) is 0. The van der Waals surface area contributed by atoms with Crippen molar-refractivity contribution in [1.82, 2.24) is 4.90 Å². The van der Waals surface area contributed by atoms with Crippen LogP contribution < -0.4 is 5.73 Å². The van der Waals surface area contributed by atoms with Crippen molar-refractivity contribution in [3.8, 4) is 0 Å². The van der Waals surface area contributed by atoms with Crippen molar-refractivity contribution in [3.05, 3.63) is 35.4 Å². The monoisotopic (exact) mass is 246 g/mol. The summed E-state index contributed by atoms with van der Waals surface area (Å²) in [7, 11) is 2.20. The van der Waals surface area contributed by atoms with Gasteiger partial charge in [0.1, 0.15) is 0 Å². The number of rotatable bonds is 7. The maximum atomic E-state index is 5.84. The maximum absolute atomic E-state index is 5.84. The molecule has 0 amide bonds. The summed E-state index contributed by atoms with van der Waals surface area (Å²) in [5, 5.41) is 0. The number of benzene rings is 1. The Morgan fingerprint density at radius 1 is 1.17 bits per heavy atom. The van der Waals surface area contributed by atoms with Gasteiger partial charge in [0.05, 0.1) is 0 Å². The summed E-state index contributed by atoms with van der Waals surface area (Å²) >= 11 is 0. The summed E-state index contributed by atoms with van der Waals surface area (Å²) in [5.41, 5.74) is 9.13. The normalized spacial score (nSPS) is 17.1. The first-order valence-corrected chi connectivity index (χ1v) is 7.14. The van der Waals surface area contributed by atoms with Gasteiger partial charge in [-0.2, -0.15) is 0 Å². The molecule has 0 saturated heterocycles. The Hall–Kier alpha value is -0.860. The summed E-state index contributed by atoms with van der Waals surface area (Å²) in [4.78, 5) is 2.41. The highest BCUT2D eigenvalue weighted by Gasteiger charge is 2.41. The van der Waals surface area contributed by atoms with Crippen LogP contribution in [0.4, 0.5) is 0 Å². The van der Waals surface area contributed by atoms with Gasteiger partial charge in [0.15, 0.2) is 0 Å². The predicted octanol–water partition coefficient (Wildman–Crippen LogP) is 2.81. The SMILES string of the molecule is CCCc1ccc(CN(C)CC2(CN)CC2)cc1. The Kier molecular flexibility index (Phi) is 4.41. The molecule has 0 spiro atoms. The number of hydrogen-bond acceptors (Lipinski definition) is 2. The molecule has 0 aromatic heterocycles. The van der Waals surface area contributed by atoms with E-state index in [1.165, 1.54) is 36.8 Å². The van der Waals surface area contributed by atoms with E-state index >= 15 is 0 Å². The smallest absolute Gasteiger partial charge is 0.0230 e. The van der Waals surface area contributed by atoms with Gasteiger partial charge in [-0.3, -0.25) is 0 Å². The first kappa shape index (κ1) is 13.6. The van der Waals surface area contributed by atoms with Crippen molar-refractivity contribution < 1.29 is 0 Å². The third-order valence-corrected chi connectivity index (χ3v) is 4.01. The highest BCUT2D eigenvalue weighted by Crippen LogP contribution is 2.45. The van der Waals surface area contributed by atoms with Crippen LogP contribution in [0, 0.1) is 5.41 Å². The molecular formula is C16H26N2. The van der Waals surface area contributed by atoms with Gasteiger partial charge in [-0.05, 0) is 49.4 Å². The second-order valence-electron chi connectivity index (χ2n) is 5.94. The number of nitrogens with two attached hydrogens (primary N) is 1. The van der Waals surface area contributed by atoms with E-state index in [1.54, 1.807) is 0 Å². The molecule has 0 unspecified atom stereocenters. The third kappa shape index (κ3) is 3.56. The Balaban J connectivity index is 1.85. The molecule has 2 nitrogen and oxygen atoms in total. The zero-order valence-corrected chi connectivity index (χ0v) is 11.8. The van der Waals surface area contributed by atoms with Crippen LogP contribution in [0.15, 0.2) is 24.3 Å². The summed E-state index contributed by atoms with van der Waals surface area (Å²) in [6, 6.07) is 9.07. The fraction of sp³-hybridized carbons (Fsp3) is 0.625. The molecule has 0 atom stereocenters. The molecule has 0 radical (unpaired) electrons. The molecule has 2 heteroatoms. The van der Waals surface area contributed by atoms with E-state index in [9.17, 15) is 0 Å². The van der Waals surface area contributed by atoms with Crippen molar-refractivity contribution in [3.63, 3.8) is 0 Å². The fourth-order valence-corrected chi connectivity index (χ4v) is 2.64. The maximum Gasteiger partial charge on any atom is 0.0230 e. The van der Waals surface area contributed by atoms with E-state index in [-0.39, 0.29) is 0 Å². The van der Waals surface area contributed by atoms with Crippen LogP contribution in [-0.2, 0) is 13.0 Å². The quantitative estimate of drug-likeness (QED) is 0.801. The fourth-order valence-electron chi connectivity index (χ4n) is 2.64. The first-order valence-electron chi connectivity index (χ1n) is 7.14. The van der Waals surface area contributed by atoms with Crippen LogP contribution in [0.2, 0.25) is 0 Å². The molecule has 1 aliphatic carbocycles. The first-order chi connectivity index (χ1) is 8.67. The number of hydrogen-bond donors (Lipinski definition) is 1. The van der Waals surface area contributed by atoms with Gasteiger partial charge in [-0.1, -0.05) is 37.6 Å². The molecule has 100 valence electrons. The van der Waals surface area contributed by atoms with E-state index < -0.39 is 0 Å². The molecule has 2 rings (SSSR count). The van der Waals surface area contributed by atoms with Crippen molar-refractivity contribution in [2.75, 3.05) is 20.1 Å². The van der Waals surface area contributed by atoms with Gasteiger partial charge in [-0.15, -0.1) is 0 Å². The minimum absolute atomic E-state index is 0.441. The predicted molar refractivity (Wildman–Crippen MR) is 77.5 cm³/mol. The summed E-state index contributed by atoms with van der Waals surface area (Å²) in [6.07, 6.45) is 5.03. The van der Waals surface area contributed by atoms with Crippen molar-refractivity contribution >= 4 is 0 Å². The average Bonchev–Trinajstić information content (AvgIpc) is 3.12. The second-order valence-corrected chi connectivity index (χ2v) is 5.94. The van der Waals surface area contributed by atoms with Gasteiger partial charge < -0.3 is 10.6 Å². The van der Waals surface area contributed by atoms with Crippen molar-refractivity contribution in [1.29, 1.82) is 0 Å². The van der Waals surface area contributed by atoms with Gasteiger partial charge in [-0.25, -0.2) is 0 Å². The van der Waals surface area contributed by atoms with Crippen molar-refractivity contribution in [2.45, 2.75) is 39.2 Å². The molecule has 18 heavy (non-hydrogen) atoms. The van der Waals surface area contributed by atoms with Gasteiger partial charge in [0, 0.05) is 13.1 Å². The van der Waals surface area contributed by atoms with E-state index in [0.29, 0.717) is 5.41 Å².